The van der Waals surface area contributed by atoms with Gasteiger partial charge in [-0.1, -0.05) is 23.4 Å². The van der Waals surface area contributed by atoms with Crippen LogP contribution in [0.3, 0.4) is 0 Å². The molecule has 0 fully saturated rings. The van der Waals surface area contributed by atoms with Crippen LogP contribution in [0.25, 0.3) is 0 Å². The molecule has 1 heterocycles. The summed E-state index contributed by atoms with van der Waals surface area (Å²) in [7, 11) is 1.46. The Morgan fingerprint density at radius 1 is 1.60 bits per heavy atom. The molecule has 5 nitrogen and oxygen atoms in total. The van der Waals surface area contributed by atoms with Gasteiger partial charge in [0.2, 0.25) is 0 Å². The summed E-state index contributed by atoms with van der Waals surface area (Å²) in [5.74, 6) is 0.383. The van der Waals surface area contributed by atoms with Crippen LogP contribution in [0.5, 0.6) is 6.01 Å². The Kier molecular flexibility index (Phi) is 6.94. The highest BCUT2D eigenvalue weighted by Crippen LogP contribution is 2.18. The first-order valence-corrected chi connectivity index (χ1v) is 5.22. The van der Waals surface area contributed by atoms with Crippen molar-refractivity contribution in [1.82, 2.24) is 9.97 Å². The lowest BCUT2D eigenvalue weighted by molar-refractivity contribution is 0.380. The van der Waals surface area contributed by atoms with Gasteiger partial charge in [-0.3, -0.25) is 0 Å². The van der Waals surface area contributed by atoms with E-state index < -0.39 is 0 Å². The lowest BCUT2D eigenvalue weighted by atomic mass is 10.6. The second-order valence-corrected chi connectivity index (χ2v) is 3.40. The highest BCUT2D eigenvalue weighted by atomic mass is 127. The first-order valence-electron chi connectivity index (χ1n) is 3.62. The summed E-state index contributed by atoms with van der Waals surface area (Å²) in [6.45, 7) is 0. The number of aromatic nitrogens is 2. The molecule has 1 aromatic rings. The molecule has 0 aliphatic heterocycles. The minimum absolute atomic E-state index is 0. The summed E-state index contributed by atoms with van der Waals surface area (Å²) in [5.41, 5.74) is 5.52. The van der Waals surface area contributed by atoms with Gasteiger partial charge in [-0.2, -0.15) is 9.97 Å². The number of aliphatic imine (C=N–C) groups is 1. The van der Waals surface area contributed by atoms with Crippen molar-refractivity contribution in [2.45, 2.75) is 0 Å². The van der Waals surface area contributed by atoms with Crippen LogP contribution in [0, 0.1) is 0 Å². The zero-order chi connectivity index (χ0) is 10.6. The largest absolute Gasteiger partial charge is 0.467 e. The average Bonchev–Trinajstić information content (AvgIpc) is 2.16. The Morgan fingerprint density at radius 2 is 2.27 bits per heavy atom. The Balaban J connectivity index is 0.00000196. The molecular weight excluding hydrogens is 351 g/mol. The van der Waals surface area contributed by atoms with Gasteiger partial charge in [0.25, 0.3) is 0 Å². The standard InChI is InChI=1S/C7H9ClN4OS.HI/c1-13-7-10-4(8)3-5(12-7)11-6(9)14-2;/h3H,1-2H3,(H2,9,10,11,12);1H. The normalized spacial score (nSPS) is 10.7. The molecule has 84 valence electrons. The van der Waals surface area contributed by atoms with Crippen LogP contribution in [0.15, 0.2) is 11.1 Å². The number of nitrogens with two attached hydrogens (primary N) is 1. The van der Waals surface area contributed by atoms with Gasteiger partial charge in [0.15, 0.2) is 11.0 Å². The van der Waals surface area contributed by atoms with E-state index in [4.69, 9.17) is 22.1 Å². The number of rotatable bonds is 2. The predicted molar refractivity (Wildman–Crippen MR) is 73.8 cm³/mol. The topological polar surface area (TPSA) is 73.4 Å². The number of ether oxygens (including phenoxy) is 1. The van der Waals surface area contributed by atoms with Crippen LogP contribution < -0.4 is 10.5 Å². The summed E-state index contributed by atoms with van der Waals surface area (Å²) in [4.78, 5) is 11.7. The van der Waals surface area contributed by atoms with E-state index in [1.54, 1.807) is 0 Å². The van der Waals surface area contributed by atoms with E-state index in [-0.39, 0.29) is 35.1 Å². The molecule has 15 heavy (non-hydrogen) atoms. The maximum atomic E-state index is 5.71. The first-order chi connectivity index (χ1) is 6.65. The number of hydrogen-bond donors (Lipinski definition) is 1. The molecule has 0 unspecified atom stereocenters. The fraction of sp³-hybridized carbons (Fsp3) is 0.286. The number of halogens is 2. The summed E-state index contributed by atoms with van der Waals surface area (Å²) in [6, 6.07) is 1.68. The molecule has 2 N–H and O–H groups in total. The van der Waals surface area contributed by atoms with Crippen LogP contribution in [0.2, 0.25) is 5.15 Å². The first kappa shape index (κ1) is 14.7. The van der Waals surface area contributed by atoms with Crippen molar-refractivity contribution in [3.05, 3.63) is 11.2 Å². The van der Waals surface area contributed by atoms with Crippen molar-refractivity contribution < 1.29 is 4.74 Å². The van der Waals surface area contributed by atoms with Crippen molar-refractivity contribution >= 4 is 58.3 Å². The van der Waals surface area contributed by atoms with Crippen LogP contribution in [-0.4, -0.2) is 28.5 Å². The minimum Gasteiger partial charge on any atom is -0.467 e. The van der Waals surface area contributed by atoms with Gasteiger partial charge in [0, 0.05) is 6.07 Å². The van der Waals surface area contributed by atoms with Crippen LogP contribution in [0.4, 0.5) is 5.82 Å². The summed E-state index contributed by atoms with van der Waals surface area (Å²) < 4.78 is 4.83. The van der Waals surface area contributed by atoms with E-state index in [1.165, 1.54) is 24.9 Å². The zero-order valence-electron chi connectivity index (χ0n) is 8.10. The molecular formula is C7H10ClIN4OS. The summed E-state index contributed by atoms with van der Waals surface area (Å²) >= 11 is 7.03. The Hall–Kier alpha value is -0.280. The smallest absolute Gasteiger partial charge is 0.319 e. The SMILES string of the molecule is COc1nc(Cl)cc(N=C(N)SC)n1.I. The van der Waals surface area contributed by atoms with Gasteiger partial charge in [0.05, 0.1) is 7.11 Å². The van der Waals surface area contributed by atoms with Gasteiger partial charge >= 0.3 is 6.01 Å². The number of methoxy groups -OCH3 is 1. The number of hydrogen-bond acceptors (Lipinski definition) is 5. The molecule has 0 amide bonds. The van der Waals surface area contributed by atoms with Gasteiger partial charge in [-0.15, -0.1) is 24.0 Å². The molecule has 0 aliphatic carbocycles. The lowest BCUT2D eigenvalue weighted by Gasteiger charge is -2.00. The lowest BCUT2D eigenvalue weighted by Crippen LogP contribution is -2.04. The molecule has 0 saturated heterocycles. The fourth-order valence-corrected chi connectivity index (χ4v) is 1.05. The third kappa shape index (κ3) is 4.85. The third-order valence-electron chi connectivity index (χ3n) is 1.28. The molecule has 0 bridgehead atoms. The Bertz CT molecular complexity index is 363. The van der Waals surface area contributed by atoms with E-state index in [2.05, 4.69) is 15.0 Å². The monoisotopic (exact) mass is 360 g/mol. The molecule has 1 rings (SSSR count). The molecule has 8 heteroatoms. The van der Waals surface area contributed by atoms with E-state index in [1.807, 2.05) is 6.26 Å². The molecule has 0 radical (unpaired) electrons. The second kappa shape index (κ2) is 7.07. The molecule has 1 aromatic heterocycles. The number of thioether (sulfide) groups is 1. The maximum Gasteiger partial charge on any atom is 0.319 e. The minimum atomic E-state index is 0. The maximum absolute atomic E-state index is 5.71. The third-order valence-corrected chi connectivity index (χ3v) is 1.98. The Labute approximate surface area is 114 Å². The predicted octanol–water partition coefficient (Wildman–Crippen LogP) is 2.07. The van der Waals surface area contributed by atoms with Crippen LogP contribution >= 0.6 is 47.3 Å². The van der Waals surface area contributed by atoms with Crippen LogP contribution in [0.1, 0.15) is 0 Å². The number of amidine groups is 1. The second-order valence-electron chi connectivity index (χ2n) is 2.19. The van der Waals surface area contributed by atoms with Gasteiger partial charge in [-0.25, -0.2) is 4.99 Å². The van der Waals surface area contributed by atoms with Gasteiger partial charge in [0.1, 0.15) is 5.15 Å². The van der Waals surface area contributed by atoms with Gasteiger partial charge < -0.3 is 10.5 Å². The quantitative estimate of drug-likeness (QED) is 0.378. The van der Waals surface area contributed by atoms with Gasteiger partial charge in [-0.05, 0) is 6.26 Å². The van der Waals surface area contributed by atoms with E-state index >= 15 is 0 Å². The van der Waals surface area contributed by atoms with Crippen molar-refractivity contribution in [3.63, 3.8) is 0 Å². The molecule has 0 spiro atoms. The molecule has 0 aromatic carbocycles. The number of nitrogens with zero attached hydrogens (tertiary/aromatic N) is 3. The van der Waals surface area contributed by atoms with Crippen LogP contribution in [-0.2, 0) is 0 Å². The van der Waals surface area contributed by atoms with E-state index in [0.717, 1.165) is 0 Å². The zero-order valence-corrected chi connectivity index (χ0v) is 12.0. The highest BCUT2D eigenvalue weighted by Gasteiger charge is 2.02. The highest BCUT2D eigenvalue weighted by molar-refractivity contribution is 14.0. The van der Waals surface area contributed by atoms with E-state index in [0.29, 0.717) is 11.0 Å². The fourth-order valence-electron chi connectivity index (χ4n) is 0.693. The molecule has 0 aliphatic rings. The molecule has 0 saturated carbocycles. The summed E-state index contributed by atoms with van der Waals surface area (Å²) in [6.07, 6.45) is 1.82. The summed E-state index contributed by atoms with van der Waals surface area (Å²) in [5, 5.41) is 0.673. The average molecular weight is 361 g/mol. The van der Waals surface area contributed by atoms with Crippen molar-refractivity contribution in [3.8, 4) is 6.01 Å². The Morgan fingerprint density at radius 3 is 2.80 bits per heavy atom. The van der Waals surface area contributed by atoms with Crippen molar-refractivity contribution in [1.29, 1.82) is 0 Å². The van der Waals surface area contributed by atoms with Crippen molar-refractivity contribution in [2.75, 3.05) is 13.4 Å². The molecule has 0 atom stereocenters. The van der Waals surface area contributed by atoms with E-state index in [9.17, 15) is 0 Å². The van der Waals surface area contributed by atoms with Crippen molar-refractivity contribution in [2.24, 2.45) is 10.7 Å².